The zero-order chi connectivity index (χ0) is 5.41. The molecule has 0 aliphatic carbocycles. The van der Waals surface area contributed by atoms with Gasteiger partial charge in [0.2, 0.25) is 0 Å². The van der Waals surface area contributed by atoms with E-state index in [2.05, 4.69) is 23.6 Å². The average molecular weight is 138 g/mol. The molecule has 0 fully saturated rings. The third-order valence-corrected chi connectivity index (χ3v) is 0. The molecular formula is C4H14SiTi. The summed E-state index contributed by atoms with van der Waals surface area (Å²) in [6, 6.07) is 0. The van der Waals surface area contributed by atoms with Crippen molar-refractivity contribution in [3.8, 4) is 0 Å². The second-order valence-corrected chi connectivity index (χ2v) is 4.18. The van der Waals surface area contributed by atoms with E-state index in [1.165, 1.54) is 0 Å². The molecule has 0 aromatic rings. The predicted molar refractivity (Wildman–Crippen MR) is 32.0 cm³/mol. The monoisotopic (exact) mass is 138 g/mol. The molecule has 0 radical (unpaired) electrons. The van der Waals surface area contributed by atoms with Gasteiger partial charge in [0.05, 0.1) is 0 Å². The van der Waals surface area contributed by atoms with E-state index in [0.717, 1.165) is 0 Å². The molecule has 0 N–H and O–H groups in total. The maximum absolute atomic E-state index is 2.26. The van der Waals surface area contributed by atoms with Gasteiger partial charge < -0.3 is 0 Å². The Labute approximate surface area is 52.5 Å². The van der Waals surface area contributed by atoms with Gasteiger partial charge in [-0.25, -0.2) is 0 Å². The molecule has 6 heavy (non-hydrogen) atoms. The van der Waals surface area contributed by atoms with Gasteiger partial charge >= 0.3 is 29.6 Å². The van der Waals surface area contributed by atoms with Gasteiger partial charge in [-0.15, -0.1) is 0 Å². The normalized spacial score (nSPS) is 5.33. The Morgan fingerprint density at radius 2 is 1.17 bits per heavy atom. The van der Waals surface area contributed by atoms with Crippen LogP contribution >= 0.6 is 0 Å². The predicted octanol–water partition coefficient (Wildman–Crippen LogP) is 1.42. The number of rotatable bonds is 0. The molecule has 0 atom stereocenters. The van der Waals surface area contributed by atoms with Crippen molar-refractivity contribution in [3.63, 3.8) is 0 Å². The molecule has 0 amide bonds. The molecule has 0 heterocycles. The zero-order valence-electron chi connectivity index (χ0n) is 5.21. The molecule has 0 nitrogen and oxygen atoms in total. The summed E-state index contributed by atoms with van der Waals surface area (Å²) in [4.78, 5) is 0. The van der Waals surface area contributed by atoms with Crippen LogP contribution in [-0.2, 0) is 19.2 Å². The van der Waals surface area contributed by atoms with Gasteiger partial charge in [-0.1, -0.05) is 13.1 Å². The molecular weight excluding hydrogens is 124 g/mol. The molecule has 0 aromatic heterocycles. The maximum atomic E-state index is 2.26. The van der Waals surface area contributed by atoms with Crippen molar-refractivity contribution in [2.45, 2.75) is 23.6 Å². The van der Waals surface area contributed by atoms with Crippen molar-refractivity contribution >= 4 is 9.52 Å². The van der Waals surface area contributed by atoms with E-state index < -0.39 is 0 Å². The quantitative estimate of drug-likeness (QED) is 0.444. The summed E-state index contributed by atoms with van der Waals surface area (Å²) in [5, 5.41) is 4.50. The van der Waals surface area contributed by atoms with E-state index in [1.54, 1.807) is 0 Å². The van der Waals surface area contributed by atoms with Gasteiger partial charge in [-0.3, -0.25) is 0 Å². The van der Waals surface area contributed by atoms with Gasteiger partial charge in [0, 0.05) is 9.52 Å². The van der Waals surface area contributed by atoms with Crippen molar-refractivity contribution in [1.82, 2.24) is 0 Å². The summed E-state index contributed by atoms with van der Waals surface area (Å²) in [6.07, 6.45) is 0. The molecule has 0 rings (SSSR count). The fraction of sp³-hybridized carbons (Fsp3) is 1.00. The Morgan fingerprint density at radius 1 is 1.17 bits per heavy atom. The molecule has 0 unspecified atom stereocenters. The molecule has 0 saturated carbocycles. The molecule has 0 aliphatic heterocycles. The fourth-order valence-electron chi connectivity index (χ4n) is 0. The molecule has 0 saturated heterocycles. The third-order valence-electron chi connectivity index (χ3n) is 0. The van der Waals surface area contributed by atoms with Crippen LogP contribution in [0.25, 0.3) is 0 Å². The minimum absolute atomic E-state index is 0.417. The Hall–Kier alpha value is 0.931. The summed E-state index contributed by atoms with van der Waals surface area (Å²) < 4.78 is 0. The second-order valence-electron chi connectivity index (χ2n) is 1.21. The second kappa shape index (κ2) is 16.8. The fourth-order valence-corrected chi connectivity index (χ4v) is 0. The topological polar surface area (TPSA) is 0 Å². The Kier molecular flexibility index (Phi) is 28.1. The van der Waals surface area contributed by atoms with Gasteiger partial charge in [0.15, 0.2) is 0 Å². The standard InChI is InChI=1S/C2H8Si.2CH3.Ti/c1-3-2;;;/h3H2,1-2H3;2*1H3;. The van der Waals surface area contributed by atoms with Crippen molar-refractivity contribution < 1.29 is 19.2 Å². The summed E-state index contributed by atoms with van der Waals surface area (Å²) in [7, 11) is 0.417. The van der Waals surface area contributed by atoms with Crippen LogP contribution in [-0.4, -0.2) is 9.52 Å². The summed E-state index contributed by atoms with van der Waals surface area (Å²) in [5.74, 6) is 0. The van der Waals surface area contributed by atoms with Gasteiger partial charge in [0.1, 0.15) is 0 Å². The van der Waals surface area contributed by atoms with E-state index >= 15 is 0 Å². The van der Waals surface area contributed by atoms with E-state index in [-0.39, 0.29) is 0 Å². The summed E-state index contributed by atoms with van der Waals surface area (Å²) in [6.45, 7) is 4.53. The van der Waals surface area contributed by atoms with E-state index in [0.29, 0.717) is 28.7 Å². The molecule has 0 bridgehead atoms. The molecule has 0 aromatic carbocycles. The van der Waals surface area contributed by atoms with Crippen LogP contribution in [0.2, 0.25) is 23.6 Å². The SMILES string of the molecule is C[SiH2]C.[CH3][Ti][CH3]. The third kappa shape index (κ3) is 87.9. The van der Waals surface area contributed by atoms with Crippen molar-refractivity contribution in [2.75, 3.05) is 0 Å². The Morgan fingerprint density at radius 3 is 1.17 bits per heavy atom. The van der Waals surface area contributed by atoms with Gasteiger partial charge in [0.25, 0.3) is 0 Å². The first-order valence-electron chi connectivity index (χ1n) is 2.41. The number of hydrogen-bond acceptors (Lipinski definition) is 0. The Bertz CT molecular complexity index is 9.51. The van der Waals surface area contributed by atoms with E-state index in [9.17, 15) is 0 Å². The summed E-state index contributed by atoms with van der Waals surface area (Å²) >= 11 is 0.500. The first-order valence-corrected chi connectivity index (χ1v) is 8.37. The van der Waals surface area contributed by atoms with E-state index in [4.69, 9.17) is 0 Å². The molecule has 38 valence electrons. The summed E-state index contributed by atoms with van der Waals surface area (Å²) in [5.41, 5.74) is 0. The Balaban J connectivity index is 0. The van der Waals surface area contributed by atoms with Crippen LogP contribution in [0.4, 0.5) is 0 Å². The minimum atomic E-state index is 0.417. The number of hydrogen-bond donors (Lipinski definition) is 0. The van der Waals surface area contributed by atoms with Gasteiger partial charge in [-0.2, -0.15) is 0 Å². The first-order chi connectivity index (χ1) is 2.83. The van der Waals surface area contributed by atoms with Crippen LogP contribution in [0.1, 0.15) is 0 Å². The van der Waals surface area contributed by atoms with Crippen molar-refractivity contribution in [3.05, 3.63) is 0 Å². The first kappa shape index (κ1) is 10.0. The van der Waals surface area contributed by atoms with Crippen LogP contribution in [0, 0.1) is 0 Å². The van der Waals surface area contributed by atoms with Gasteiger partial charge in [-0.05, 0) is 0 Å². The molecule has 2 heteroatoms. The van der Waals surface area contributed by atoms with Crippen molar-refractivity contribution in [1.29, 1.82) is 0 Å². The van der Waals surface area contributed by atoms with Crippen LogP contribution in [0.15, 0.2) is 0 Å². The van der Waals surface area contributed by atoms with Crippen molar-refractivity contribution in [2.24, 2.45) is 0 Å². The van der Waals surface area contributed by atoms with Crippen LogP contribution in [0.3, 0.4) is 0 Å². The molecule has 0 spiro atoms. The van der Waals surface area contributed by atoms with Crippen LogP contribution in [0.5, 0.6) is 0 Å². The zero-order valence-corrected chi connectivity index (χ0v) is 8.18. The molecule has 0 aliphatic rings. The van der Waals surface area contributed by atoms with Crippen LogP contribution < -0.4 is 0 Å². The van der Waals surface area contributed by atoms with E-state index in [1.807, 2.05) is 0 Å². The average Bonchev–Trinajstić information content (AvgIpc) is 1.39.